The molecule has 1 saturated carbocycles. The molecule has 5 heteroatoms. The molecule has 202 valence electrons. The minimum Gasteiger partial charge on any atom is -0.487 e. The van der Waals surface area contributed by atoms with E-state index in [2.05, 4.69) is 46.8 Å². The average molecular weight is 500 g/mol. The minimum atomic E-state index is -0.644. The van der Waals surface area contributed by atoms with E-state index in [0.29, 0.717) is 31.6 Å². The minimum absolute atomic E-state index is 0.00155. The molecule has 36 heavy (non-hydrogen) atoms. The van der Waals surface area contributed by atoms with E-state index < -0.39 is 5.41 Å². The van der Waals surface area contributed by atoms with Crippen LogP contribution in [0.5, 0.6) is 11.5 Å². The van der Waals surface area contributed by atoms with Gasteiger partial charge in [0.15, 0.2) is 0 Å². The molecule has 2 unspecified atom stereocenters. The van der Waals surface area contributed by atoms with Crippen molar-refractivity contribution in [2.45, 2.75) is 130 Å². The van der Waals surface area contributed by atoms with E-state index in [1.807, 2.05) is 13.8 Å². The molecular formula is C31H49NO4. The van der Waals surface area contributed by atoms with Gasteiger partial charge in [0.1, 0.15) is 22.9 Å². The Morgan fingerprint density at radius 3 is 2.50 bits per heavy atom. The Morgan fingerprint density at radius 2 is 1.83 bits per heavy atom. The third-order valence-electron chi connectivity index (χ3n) is 8.61. The van der Waals surface area contributed by atoms with E-state index >= 15 is 0 Å². The maximum Gasteiger partial charge on any atom is 0.316 e. The fourth-order valence-electron chi connectivity index (χ4n) is 6.05. The van der Waals surface area contributed by atoms with Gasteiger partial charge in [-0.25, -0.2) is 0 Å². The SMILES string of the molecule is CCCCCCC(C)(C)c1cc(OC(=O)C(C)(C)CCCN)c2c(c1)OC(C)(C)C1CCC(=O)CC21. The predicted octanol–water partition coefficient (Wildman–Crippen LogP) is 7.23. The highest BCUT2D eigenvalue weighted by molar-refractivity contribution is 5.82. The number of rotatable bonds is 11. The molecule has 1 fully saturated rings. The number of benzene rings is 1. The zero-order chi connectivity index (χ0) is 26.7. The van der Waals surface area contributed by atoms with Gasteiger partial charge in [0.05, 0.1) is 5.41 Å². The first kappa shape index (κ1) is 28.7. The van der Waals surface area contributed by atoms with Gasteiger partial charge in [-0.3, -0.25) is 9.59 Å². The Balaban J connectivity index is 2.06. The summed E-state index contributed by atoms with van der Waals surface area (Å²) in [7, 11) is 0. The number of esters is 1. The van der Waals surface area contributed by atoms with Gasteiger partial charge >= 0.3 is 5.97 Å². The molecule has 3 rings (SSSR count). The molecule has 0 saturated heterocycles. The number of carbonyl (C=O) groups is 2. The summed E-state index contributed by atoms with van der Waals surface area (Å²) in [5.41, 5.74) is 6.62. The van der Waals surface area contributed by atoms with E-state index in [1.54, 1.807) is 0 Å². The maximum absolute atomic E-state index is 13.4. The molecule has 1 heterocycles. The maximum atomic E-state index is 13.4. The fourth-order valence-corrected chi connectivity index (χ4v) is 6.05. The van der Waals surface area contributed by atoms with Crippen LogP contribution in [0.25, 0.3) is 0 Å². The van der Waals surface area contributed by atoms with Crippen molar-refractivity contribution in [3.05, 3.63) is 23.3 Å². The molecule has 5 nitrogen and oxygen atoms in total. The third-order valence-corrected chi connectivity index (χ3v) is 8.61. The van der Waals surface area contributed by atoms with Gasteiger partial charge in [0.2, 0.25) is 0 Å². The normalized spacial score (nSPS) is 21.4. The van der Waals surface area contributed by atoms with Crippen LogP contribution in [0.15, 0.2) is 12.1 Å². The summed E-state index contributed by atoms with van der Waals surface area (Å²) in [6.07, 6.45) is 9.19. The number of fused-ring (bicyclic) bond motifs is 3. The zero-order valence-electron chi connectivity index (χ0n) is 23.8. The molecule has 0 amide bonds. The number of carbonyl (C=O) groups excluding carboxylic acids is 2. The van der Waals surface area contributed by atoms with Crippen LogP contribution in [0.1, 0.15) is 130 Å². The summed E-state index contributed by atoms with van der Waals surface area (Å²) in [6.45, 7) is 15.4. The number of hydrogen-bond acceptors (Lipinski definition) is 5. The Morgan fingerprint density at radius 1 is 1.11 bits per heavy atom. The van der Waals surface area contributed by atoms with Crippen molar-refractivity contribution < 1.29 is 19.1 Å². The quantitative estimate of drug-likeness (QED) is 0.197. The molecule has 0 radical (unpaired) electrons. The highest BCUT2D eigenvalue weighted by atomic mass is 16.5. The van der Waals surface area contributed by atoms with Crippen LogP contribution in [0, 0.1) is 11.3 Å². The predicted molar refractivity (Wildman–Crippen MR) is 146 cm³/mol. The van der Waals surface area contributed by atoms with E-state index in [0.717, 1.165) is 42.6 Å². The average Bonchev–Trinajstić information content (AvgIpc) is 2.79. The molecule has 1 aliphatic carbocycles. The van der Waals surface area contributed by atoms with Crippen LogP contribution in [0.2, 0.25) is 0 Å². The summed E-state index contributed by atoms with van der Waals surface area (Å²) >= 11 is 0. The highest BCUT2D eigenvalue weighted by Gasteiger charge is 2.48. The van der Waals surface area contributed by atoms with Crippen LogP contribution in [0.4, 0.5) is 0 Å². The Labute approximate surface area is 218 Å². The lowest BCUT2D eigenvalue weighted by atomic mass is 9.66. The zero-order valence-corrected chi connectivity index (χ0v) is 23.8. The van der Waals surface area contributed by atoms with E-state index in [9.17, 15) is 9.59 Å². The Hall–Kier alpha value is -1.88. The van der Waals surface area contributed by atoms with Crippen LogP contribution in [-0.2, 0) is 15.0 Å². The monoisotopic (exact) mass is 499 g/mol. The first-order valence-electron chi connectivity index (χ1n) is 14.1. The molecule has 1 aromatic carbocycles. The molecule has 2 aliphatic rings. The molecule has 0 bridgehead atoms. The standard InChI is InChI=1S/C31H49NO4/c1-8-9-10-11-15-29(2,3)21-18-25(35-28(34)30(4,5)16-12-17-32)27-23-20-22(33)13-14-24(23)31(6,7)36-26(27)19-21/h18-19,23-24H,8-17,20,32H2,1-7H3. The van der Waals surface area contributed by atoms with Crippen LogP contribution < -0.4 is 15.2 Å². The van der Waals surface area contributed by atoms with Gasteiger partial charge in [-0.1, -0.05) is 46.5 Å². The number of Topliss-reactive ketones (excluding diaryl/α,β-unsaturated/α-hetero) is 1. The van der Waals surface area contributed by atoms with E-state index in [1.165, 1.54) is 19.3 Å². The number of unbranched alkanes of at least 4 members (excludes halogenated alkanes) is 3. The van der Waals surface area contributed by atoms with Crippen molar-refractivity contribution in [1.29, 1.82) is 0 Å². The summed E-state index contributed by atoms with van der Waals surface area (Å²) in [5.74, 6) is 1.59. The molecule has 2 atom stereocenters. The Bertz CT molecular complexity index is 946. The van der Waals surface area contributed by atoms with Crippen LogP contribution >= 0.6 is 0 Å². The van der Waals surface area contributed by atoms with Crippen LogP contribution in [0.3, 0.4) is 0 Å². The lowest BCUT2D eigenvalue weighted by molar-refractivity contribution is -0.144. The smallest absolute Gasteiger partial charge is 0.316 e. The van der Waals surface area contributed by atoms with Gasteiger partial charge in [-0.05, 0) is 83.0 Å². The fraction of sp³-hybridized carbons (Fsp3) is 0.742. The van der Waals surface area contributed by atoms with Gasteiger partial charge in [0, 0.05) is 30.2 Å². The van der Waals surface area contributed by atoms with Crippen molar-refractivity contribution in [3.63, 3.8) is 0 Å². The summed E-state index contributed by atoms with van der Waals surface area (Å²) in [6, 6.07) is 4.22. The number of nitrogens with two attached hydrogens (primary N) is 1. The van der Waals surface area contributed by atoms with Crippen molar-refractivity contribution >= 4 is 11.8 Å². The van der Waals surface area contributed by atoms with Crippen molar-refractivity contribution in [2.75, 3.05) is 6.54 Å². The Kier molecular flexibility index (Phi) is 8.96. The molecule has 0 spiro atoms. The second-order valence-corrected chi connectivity index (χ2v) is 12.9. The molecule has 0 aromatic heterocycles. The lowest BCUT2D eigenvalue weighted by Crippen LogP contribution is -2.47. The van der Waals surface area contributed by atoms with Crippen LogP contribution in [-0.4, -0.2) is 23.9 Å². The highest BCUT2D eigenvalue weighted by Crippen LogP contribution is 2.55. The van der Waals surface area contributed by atoms with Gasteiger partial charge < -0.3 is 15.2 Å². The molecule has 1 aliphatic heterocycles. The van der Waals surface area contributed by atoms with Crippen molar-refractivity contribution in [2.24, 2.45) is 17.1 Å². The van der Waals surface area contributed by atoms with Gasteiger partial charge in [0.25, 0.3) is 0 Å². The number of ether oxygens (including phenoxy) is 2. The first-order valence-corrected chi connectivity index (χ1v) is 14.1. The lowest BCUT2D eigenvalue weighted by Gasteiger charge is -2.47. The largest absolute Gasteiger partial charge is 0.487 e. The second kappa shape index (κ2) is 11.2. The van der Waals surface area contributed by atoms with E-state index in [4.69, 9.17) is 15.2 Å². The number of ketones is 1. The first-order chi connectivity index (χ1) is 16.8. The molecule has 1 aromatic rings. The number of hydrogen-bond donors (Lipinski definition) is 1. The third kappa shape index (κ3) is 6.33. The second-order valence-electron chi connectivity index (χ2n) is 12.9. The van der Waals surface area contributed by atoms with Crippen molar-refractivity contribution in [3.8, 4) is 11.5 Å². The molecule has 2 N–H and O–H groups in total. The van der Waals surface area contributed by atoms with Gasteiger partial charge in [-0.15, -0.1) is 0 Å². The van der Waals surface area contributed by atoms with Crippen molar-refractivity contribution in [1.82, 2.24) is 0 Å². The summed E-state index contributed by atoms with van der Waals surface area (Å²) in [5, 5.41) is 0. The molecular weight excluding hydrogens is 450 g/mol. The van der Waals surface area contributed by atoms with Gasteiger partial charge in [-0.2, -0.15) is 0 Å². The topological polar surface area (TPSA) is 78.6 Å². The van der Waals surface area contributed by atoms with E-state index in [-0.39, 0.29) is 34.6 Å². The summed E-state index contributed by atoms with van der Waals surface area (Å²) in [4.78, 5) is 26.0. The summed E-state index contributed by atoms with van der Waals surface area (Å²) < 4.78 is 12.9.